The standard InChI is InChI=1S/C26H32N4O4/c1-2-34-24(31)17-27-26(33)28-21-10-11-23(22(16-21)25(32)29-13-6-3-7-14-29)30-15-12-19-8-4-5-9-20(19)18-30/h4-5,8-11,16H,2-3,6-7,12-15,17-18H2,1H3,(H2,27,28,33). The third-order valence-electron chi connectivity index (χ3n) is 6.30. The summed E-state index contributed by atoms with van der Waals surface area (Å²) in [5, 5.41) is 5.22. The molecule has 8 nitrogen and oxygen atoms in total. The monoisotopic (exact) mass is 464 g/mol. The molecule has 2 N–H and O–H groups in total. The van der Waals surface area contributed by atoms with Crippen molar-refractivity contribution in [2.45, 2.75) is 39.2 Å². The Hall–Kier alpha value is -3.55. The maximum Gasteiger partial charge on any atom is 0.325 e. The number of rotatable bonds is 6. The van der Waals surface area contributed by atoms with Gasteiger partial charge in [0.2, 0.25) is 0 Å². The number of hydrogen-bond acceptors (Lipinski definition) is 5. The van der Waals surface area contributed by atoms with Crippen LogP contribution in [0.3, 0.4) is 0 Å². The molecule has 0 unspecified atom stereocenters. The Kier molecular flexibility index (Phi) is 7.67. The van der Waals surface area contributed by atoms with Gasteiger partial charge in [-0.3, -0.25) is 9.59 Å². The van der Waals surface area contributed by atoms with Crippen LogP contribution in [0.2, 0.25) is 0 Å². The lowest BCUT2D eigenvalue weighted by molar-refractivity contribution is -0.141. The average Bonchev–Trinajstić information content (AvgIpc) is 2.87. The molecule has 3 amide bonds. The summed E-state index contributed by atoms with van der Waals surface area (Å²) in [6.45, 7) is 4.81. The molecular formula is C26H32N4O4. The average molecular weight is 465 g/mol. The molecular weight excluding hydrogens is 432 g/mol. The van der Waals surface area contributed by atoms with Gasteiger partial charge in [0, 0.05) is 37.6 Å². The van der Waals surface area contributed by atoms with Crippen LogP contribution in [0.4, 0.5) is 16.2 Å². The molecule has 1 fully saturated rings. The molecule has 0 aromatic heterocycles. The van der Waals surface area contributed by atoms with Crippen LogP contribution in [0.15, 0.2) is 42.5 Å². The van der Waals surface area contributed by atoms with E-state index in [0.717, 1.165) is 57.5 Å². The van der Waals surface area contributed by atoms with E-state index in [-0.39, 0.29) is 19.1 Å². The first kappa shape index (κ1) is 23.6. The smallest absolute Gasteiger partial charge is 0.325 e. The number of amides is 3. The number of carbonyl (C=O) groups excluding carboxylic acids is 3. The molecule has 0 bridgehead atoms. The summed E-state index contributed by atoms with van der Waals surface area (Å²) in [5.41, 5.74) is 4.58. The third kappa shape index (κ3) is 5.68. The number of urea groups is 1. The SMILES string of the molecule is CCOC(=O)CNC(=O)Nc1ccc(N2CCc3ccccc3C2)c(C(=O)N2CCCCC2)c1. The van der Waals surface area contributed by atoms with Crippen molar-refractivity contribution in [3.8, 4) is 0 Å². The van der Waals surface area contributed by atoms with Crippen LogP contribution in [-0.2, 0) is 22.5 Å². The van der Waals surface area contributed by atoms with Crippen LogP contribution >= 0.6 is 0 Å². The van der Waals surface area contributed by atoms with Crippen molar-refractivity contribution in [2.75, 3.05) is 43.0 Å². The minimum Gasteiger partial charge on any atom is -0.465 e. The molecule has 0 atom stereocenters. The first-order valence-corrected chi connectivity index (χ1v) is 12.0. The summed E-state index contributed by atoms with van der Waals surface area (Å²) in [6.07, 6.45) is 4.07. The van der Waals surface area contributed by atoms with Gasteiger partial charge in [0.05, 0.1) is 12.2 Å². The van der Waals surface area contributed by atoms with E-state index in [1.54, 1.807) is 19.1 Å². The Morgan fingerprint density at radius 2 is 1.74 bits per heavy atom. The Morgan fingerprint density at radius 1 is 0.971 bits per heavy atom. The molecule has 2 aromatic carbocycles. The fourth-order valence-electron chi connectivity index (χ4n) is 4.57. The zero-order valence-electron chi connectivity index (χ0n) is 19.6. The minimum atomic E-state index is -0.524. The lowest BCUT2D eigenvalue weighted by Crippen LogP contribution is -2.38. The largest absolute Gasteiger partial charge is 0.465 e. The number of piperidine rings is 1. The Morgan fingerprint density at radius 3 is 2.50 bits per heavy atom. The molecule has 34 heavy (non-hydrogen) atoms. The fraction of sp³-hybridized carbons (Fsp3) is 0.423. The molecule has 1 saturated heterocycles. The summed E-state index contributed by atoms with van der Waals surface area (Å²) in [7, 11) is 0. The number of carbonyl (C=O) groups is 3. The van der Waals surface area contributed by atoms with Crippen molar-refractivity contribution in [3.63, 3.8) is 0 Å². The van der Waals surface area contributed by atoms with Gasteiger partial charge in [-0.1, -0.05) is 24.3 Å². The Bertz CT molecular complexity index is 1050. The topological polar surface area (TPSA) is 91.0 Å². The molecule has 180 valence electrons. The van der Waals surface area contributed by atoms with E-state index in [1.807, 2.05) is 17.0 Å². The zero-order chi connectivity index (χ0) is 23.9. The summed E-state index contributed by atoms with van der Waals surface area (Å²) < 4.78 is 4.83. The Labute approximate surface area is 200 Å². The molecule has 0 spiro atoms. The first-order valence-electron chi connectivity index (χ1n) is 12.0. The van der Waals surface area contributed by atoms with Crippen molar-refractivity contribution in [1.82, 2.24) is 10.2 Å². The van der Waals surface area contributed by atoms with Gasteiger partial charge in [0.15, 0.2) is 0 Å². The van der Waals surface area contributed by atoms with E-state index in [0.29, 0.717) is 11.3 Å². The second-order valence-electron chi connectivity index (χ2n) is 8.64. The lowest BCUT2D eigenvalue weighted by Gasteiger charge is -2.34. The summed E-state index contributed by atoms with van der Waals surface area (Å²) in [5.74, 6) is -0.511. The summed E-state index contributed by atoms with van der Waals surface area (Å²) in [4.78, 5) is 41.5. The molecule has 2 aromatic rings. The molecule has 8 heteroatoms. The van der Waals surface area contributed by atoms with Crippen molar-refractivity contribution < 1.29 is 19.1 Å². The molecule has 0 radical (unpaired) electrons. The van der Waals surface area contributed by atoms with Crippen LogP contribution < -0.4 is 15.5 Å². The van der Waals surface area contributed by atoms with Gasteiger partial charge in [-0.25, -0.2) is 4.79 Å². The first-order chi connectivity index (χ1) is 16.5. The molecule has 4 rings (SSSR count). The van der Waals surface area contributed by atoms with E-state index in [9.17, 15) is 14.4 Å². The van der Waals surface area contributed by atoms with Crippen molar-refractivity contribution in [1.29, 1.82) is 0 Å². The summed E-state index contributed by atoms with van der Waals surface area (Å²) >= 11 is 0. The number of esters is 1. The summed E-state index contributed by atoms with van der Waals surface area (Å²) in [6, 6.07) is 13.3. The van der Waals surface area contributed by atoms with Crippen LogP contribution in [0, 0.1) is 0 Å². The van der Waals surface area contributed by atoms with Gasteiger partial charge in [-0.15, -0.1) is 0 Å². The number of nitrogens with zero attached hydrogens (tertiary/aromatic N) is 2. The third-order valence-corrected chi connectivity index (χ3v) is 6.30. The quantitative estimate of drug-likeness (QED) is 0.638. The van der Waals surface area contributed by atoms with E-state index < -0.39 is 12.0 Å². The molecule has 2 aliphatic heterocycles. The van der Waals surface area contributed by atoms with Crippen molar-refractivity contribution in [2.24, 2.45) is 0 Å². The number of nitrogens with one attached hydrogen (secondary N) is 2. The van der Waals surface area contributed by atoms with E-state index in [1.165, 1.54) is 11.1 Å². The highest BCUT2D eigenvalue weighted by Crippen LogP contribution is 2.31. The highest BCUT2D eigenvalue weighted by Gasteiger charge is 2.25. The van der Waals surface area contributed by atoms with Crippen LogP contribution in [-0.4, -0.2) is 55.6 Å². The van der Waals surface area contributed by atoms with Crippen LogP contribution in [0.1, 0.15) is 47.7 Å². The second-order valence-corrected chi connectivity index (χ2v) is 8.64. The number of ether oxygens (including phenoxy) is 1. The zero-order valence-corrected chi connectivity index (χ0v) is 19.6. The van der Waals surface area contributed by atoms with Crippen molar-refractivity contribution >= 4 is 29.3 Å². The normalized spacial score (nSPS) is 15.3. The highest BCUT2D eigenvalue weighted by atomic mass is 16.5. The van der Waals surface area contributed by atoms with Gasteiger partial charge < -0.3 is 25.2 Å². The number of fused-ring (bicyclic) bond motifs is 1. The number of anilines is 2. The van der Waals surface area contributed by atoms with Gasteiger partial charge in [0.25, 0.3) is 5.91 Å². The van der Waals surface area contributed by atoms with E-state index >= 15 is 0 Å². The van der Waals surface area contributed by atoms with Gasteiger partial charge in [-0.2, -0.15) is 0 Å². The van der Waals surface area contributed by atoms with Crippen molar-refractivity contribution in [3.05, 3.63) is 59.2 Å². The maximum atomic E-state index is 13.5. The maximum absolute atomic E-state index is 13.5. The van der Waals surface area contributed by atoms with Gasteiger partial charge >= 0.3 is 12.0 Å². The predicted molar refractivity (Wildman–Crippen MR) is 131 cm³/mol. The number of hydrogen-bond donors (Lipinski definition) is 2. The number of benzene rings is 2. The Balaban J connectivity index is 1.55. The second kappa shape index (κ2) is 11.0. The van der Waals surface area contributed by atoms with Gasteiger partial charge in [0.1, 0.15) is 6.54 Å². The van der Waals surface area contributed by atoms with E-state index in [2.05, 4.69) is 33.7 Å². The molecule has 2 heterocycles. The van der Waals surface area contributed by atoms with Gasteiger partial charge in [-0.05, 0) is 61.9 Å². The molecule has 0 saturated carbocycles. The highest BCUT2D eigenvalue weighted by molar-refractivity contribution is 6.02. The number of likely N-dealkylation sites (tertiary alicyclic amines) is 1. The predicted octanol–water partition coefficient (Wildman–Crippen LogP) is 3.56. The van der Waals surface area contributed by atoms with E-state index in [4.69, 9.17) is 4.74 Å². The molecule has 2 aliphatic rings. The van der Waals surface area contributed by atoms with Crippen LogP contribution in [0.25, 0.3) is 0 Å². The lowest BCUT2D eigenvalue weighted by atomic mass is 9.98. The fourth-order valence-corrected chi connectivity index (χ4v) is 4.57. The van der Waals surface area contributed by atoms with Crippen LogP contribution in [0.5, 0.6) is 0 Å². The minimum absolute atomic E-state index is 0.0101. The molecule has 0 aliphatic carbocycles.